The number of aromatic amines is 1. The van der Waals surface area contributed by atoms with Crippen molar-refractivity contribution in [3.05, 3.63) is 89.4 Å². The van der Waals surface area contributed by atoms with E-state index < -0.39 is 11.9 Å². The molecule has 4 aromatic heterocycles. The highest BCUT2D eigenvalue weighted by Crippen LogP contribution is 2.38. The molecule has 0 aliphatic carbocycles. The van der Waals surface area contributed by atoms with Gasteiger partial charge in [-0.1, -0.05) is 18.2 Å². The molecule has 0 bridgehead atoms. The number of H-pyrrole nitrogens is 1. The van der Waals surface area contributed by atoms with Gasteiger partial charge in [0.2, 0.25) is 11.7 Å². The van der Waals surface area contributed by atoms with Gasteiger partial charge < -0.3 is 18.7 Å². The van der Waals surface area contributed by atoms with Crippen molar-refractivity contribution in [1.82, 2.24) is 24.8 Å². The standard InChI is InChI=1S/C24H18FN5O3/c1-13-21(33-23(29-13)17-7-2-3-9-26-17)24(31)30-10-8-16-19(28-12-27-16)20(30)18-11-14-5-4-6-15(25)22(14)32-18/h2-7,9,11-12,20H,8,10H2,1H3,(H,27,28)/t20-/m1/s1. The molecule has 0 spiro atoms. The predicted molar refractivity (Wildman–Crippen MR) is 116 cm³/mol. The van der Waals surface area contributed by atoms with Gasteiger partial charge in [-0.3, -0.25) is 9.78 Å². The Morgan fingerprint density at radius 2 is 2.09 bits per heavy atom. The Morgan fingerprint density at radius 3 is 2.91 bits per heavy atom. The second-order valence-corrected chi connectivity index (χ2v) is 7.87. The Bertz CT molecular complexity index is 1490. The summed E-state index contributed by atoms with van der Waals surface area (Å²) in [5, 5.41) is 0.619. The van der Waals surface area contributed by atoms with Crippen molar-refractivity contribution in [2.45, 2.75) is 19.4 Å². The number of halogens is 1. The van der Waals surface area contributed by atoms with E-state index in [0.29, 0.717) is 41.2 Å². The largest absolute Gasteiger partial charge is 0.455 e. The predicted octanol–water partition coefficient (Wildman–Crippen LogP) is 4.44. The molecule has 0 saturated carbocycles. The van der Waals surface area contributed by atoms with Crippen LogP contribution in [0.15, 0.2) is 63.8 Å². The lowest BCUT2D eigenvalue weighted by Crippen LogP contribution is -2.40. The van der Waals surface area contributed by atoms with Crippen LogP contribution in [-0.2, 0) is 6.42 Å². The van der Waals surface area contributed by atoms with Crippen molar-refractivity contribution in [3.63, 3.8) is 0 Å². The summed E-state index contributed by atoms with van der Waals surface area (Å²) < 4.78 is 26.1. The SMILES string of the molecule is Cc1nc(-c2ccccn2)oc1C(=O)N1CCc2[nH]cnc2[C@H]1c1cc2cccc(F)c2o1. The van der Waals surface area contributed by atoms with E-state index in [-0.39, 0.29) is 23.1 Å². The molecule has 33 heavy (non-hydrogen) atoms. The summed E-state index contributed by atoms with van der Waals surface area (Å²) in [5.41, 5.74) is 2.72. The monoisotopic (exact) mass is 443 g/mol. The molecule has 9 heteroatoms. The Morgan fingerprint density at radius 1 is 1.18 bits per heavy atom. The van der Waals surface area contributed by atoms with Gasteiger partial charge in [-0.2, -0.15) is 0 Å². The second-order valence-electron chi connectivity index (χ2n) is 7.87. The molecule has 0 saturated heterocycles. The summed E-state index contributed by atoms with van der Waals surface area (Å²) in [6.45, 7) is 2.12. The molecule has 164 valence electrons. The van der Waals surface area contributed by atoms with E-state index in [1.54, 1.807) is 54.7 Å². The number of pyridine rings is 1. The number of aryl methyl sites for hydroxylation is 1. The molecule has 1 amide bonds. The van der Waals surface area contributed by atoms with Gasteiger partial charge in [0.15, 0.2) is 11.4 Å². The fourth-order valence-corrected chi connectivity index (χ4v) is 4.29. The summed E-state index contributed by atoms with van der Waals surface area (Å²) in [5.74, 6) is 0.0272. The minimum Gasteiger partial charge on any atom is -0.455 e. The normalized spacial score (nSPS) is 15.7. The Labute approximate surface area is 187 Å². The van der Waals surface area contributed by atoms with Gasteiger partial charge in [0, 0.05) is 30.2 Å². The molecule has 6 rings (SSSR count). The van der Waals surface area contributed by atoms with Crippen LogP contribution in [0.3, 0.4) is 0 Å². The van der Waals surface area contributed by atoms with Crippen LogP contribution in [0.25, 0.3) is 22.6 Å². The Balaban J connectivity index is 1.44. The zero-order chi connectivity index (χ0) is 22.5. The topological polar surface area (TPSA) is 101 Å². The van der Waals surface area contributed by atoms with Gasteiger partial charge in [-0.25, -0.2) is 14.4 Å². The number of para-hydroxylation sites is 1. The highest BCUT2D eigenvalue weighted by atomic mass is 19.1. The van der Waals surface area contributed by atoms with Crippen molar-refractivity contribution in [1.29, 1.82) is 0 Å². The van der Waals surface area contributed by atoms with E-state index in [4.69, 9.17) is 8.83 Å². The summed E-state index contributed by atoms with van der Waals surface area (Å²) in [6, 6.07) is 11.2. The molecule has 5 heterocycles. The average molecular weight is 443 g/mol. The number of furan rings is 1. The van der Waals surface area contributed by atoms with Gasteiger partial charge >= 0.3 is 0 Å². The van der Waals surface area contributed by atoms with Crippen molar-refractivity contribution < 1.29 is 18.0 Å². The zero-order valence-corrected chi connectivity index (χ0v) is 17.6. The van der Waals surface area contributed by atoms with Crippen molar-refractivity contribution >= 4 is 16.9 Å². The molecule has 8 nitrogen and oxygen atoms in total. The first kappa shape index (κ1) is 19.4. The quantitative estimate of drug-likeness (QED) is 0.442. The van der Waals surface area contributed by atoms with Gasteiger partial charge in [0.05, 0.1) is 17.7 Å². The van der Waals surface area contributed by atoms with Crippen LogP contribution in [0.1, 0.15) is 39.4 Å². The third kappa shape index (κ3) is 3.12. The molecule has 1 aromatic carbocycles. The van der Waals surface area contributed by atoms with E-state index >= 15 is 0 Å². The third-order valence-corrected chi connectivity index (χ3v) is 5.85. The zero-order valence-electron chi connectivity index (χ0n) is 17.6. The number of carbonyl (C=O) groups excluding carboxylic acids is 1. The van der Waals surface area contributed by atoms with Gasteiger partial charge in [0.1, 0.15) is 17.5 Å². The molecule has 1 aliphatic heterocycles. The Kier molecular flexibility index (Phi) is 4.36. The summed E-state index contributed by atoms with van der Waals surface area (Å²) in [7, 11) is 0. The van der Waals surface area contributed by atoms with Crippen LogP contribution in [0.4, 0.5) is 4.39 Å². The minimum atomic E-state index is -0.637. The highest BCUT2D eigenvalue weighted by molar-refractivity contribution is 5.93. The van der Waals surface area contributed by atoms with E-state index in [1.165, 1.54) is 6.07 Å². The number of hydrogen-bond acceptors (Lipinski definition) is 6. The number of carbonyl (C=O) groups is 1. The molecular weight excluding hydrogens is 425 g/mol. The van der Waals surface area contributed by atoms with E-state index in [1.807, 2.05) is 6.07 Å². The Hall–Kier alpha value is -4.27. The third-order valence-electron chi connectivity index (χ3n) is 5.85. The summed E-state index contributed by atoms with van der Waals surface area (Å²) in [6.07, 6.45) is 3.82. The number of benzene rings is 1. The first-order valence-electron chi connectivity index (χ1n) is 10.5. The fourth-order valence-electron chi connectivity index (χ4n) is 4.29. The lowest BCUT2D eigenvalue weighted by molar-refractivity contribution is 0.0640. The average Bonchev–Trinajstić information content (AvgIpc) is 3.57. The molecule has 0 radical (unpaired) electrons. The number of hydrogen-bond donors (Lipinski definition) is 1. The molecule has 5 aromatic rings. The molecule has 1 N–H and O–H groups in total. The van der Waals surface area contributed by atoms with Crippen molar-refractivity contribution in [3.8, 4) is 11.6 Å². The van der Waals surface area contributed by atoms with Crippen LogP contribution in [-0.4, -0.2) is 37.3 Å². The first-order valence-corrected chi connectivity index (χ1v) is 10.5. The second kappa shape index (κ2) is 7.40. The molecular formula is C24H18FN5O3. The highest BCUT2D eigenvalue weighted by Gasteiger charge is 2.38. The van der Waals surface area contributed by atoms with E-state index in [9.17, 15) is 9.18 Å². The van der Waals surface area contributed by atoms with Crippen LogP contribution in [0, 0.1) is 12.7 Å². The molecule has 1 atom stereocenters. The number of fused-ring (bicyclic) bond motifs is 2. The van der Waals surface area contributed by atoms with Gasteiger partial charge in [0.25, 0.3) is 5.91 Å². The number of nitrogens with zero attached hydrogens (tertiary/aromatic N) is 4. The van der Waals surface area contributed by atoms with Crippen LogP contribution >= 0.6 is 0 Å². The molecule has 1 aliphatic rings. The van der Waals surface area contributed by atoms with E-state index in [0.717, 1.165) is 5.69 Å². The fraction of sp³-hybridized carbons (Fsp3) is 0.167. The summed E-state index contributed by atoms with van der Waals surface area (Å²) >= 11 is 0. The smallest absolute Gasteiger partial charge is 0.292 e. The summed E-state index contributed by atoms with van der Waals surface area (Å²) in [4.78, 5) is 31.5. The molecule has 0 fully saturated rings. The maximum atomic E-state index is 14.3. The number of aromatic nitrogens is 4. The maximum Gasteiger partial charge on any atom is 0.292 e. The minimum absolute atomic E-state index is 0.127. The number of rotatable bonds is 3. The lowest BCUT2D eigenvalue weighted by Gasteiger charge is -2.33. The number of imidazole rings is 1. The first-order chi connectivity index (χ1) is 16.1. The van der Waals surface area contributed by atoms with Gasteiger partial charge in [-0.05, 0) is 31.2 Å². The van der Waals surface area contributed by atoms with Crippen molar-refractivity contribution in [2.75, 3.05) is 6.54 Å². The van der Waals surface area contributed by atoms with E-state index in [2.05, 4.69) is 19.9 Å². The van der Waals surface area contributed by atoms with Crippen LogP contribution in [0.2, 0.25) is 0 Å². The van der Waals surface area contributed by atoms with Crippen LogP contribution in [0.5, 0.6) is 0 Å². The molecule has 0 unspecified atom stereocenters. The van der Waals surface area contributed by atoms with Gasteiger partial charge in [-0.15, -0.1) is 0 Å². The number of nitrogens with one attached hydrogen (secondary N) is 1. The van der Waals surface area contributed by atoms with Crippen molar-refractivity contribution in [2.24, 2.45) is 0 Å². The lowest BCUT2D eigenvalue weighted by atomic mass is 9.99. The number of amides is 1. The van der Waals surface area contributed by atoms with Crippen LogP contribution < -0.4 is 0 Å². The maximum absolute atomic E-state index is 14.3. The number of oxazole rings is 1.